The van der Waals surface area contributed by atoms with Gasteiger partial charge in [0.15, 0.2) is 0 Å². The van der Waals surface area contributed by atoms with E-state index in [1.54, 1.807) is 19.2 Å². The normalized spacial score (nSPS) is 14.6. The van der Waals surface area contributed by atoms with Crippen LogP contribution in [0.3, 0.4) is 0 Å². The molecule has 1 heterocycles. The first-order chi connectivity index (χ1) is 13.3. The summed E-state index contributed by atoms with van der Waals surface area (Å²) in [5.41, 5.74) is 2.53. The SMILES string of the molecule is COc1ccc(CC(=O)N2CCN(c3ccc(NS(C)(=O)=O)cc3)CC2)cc1. The molecule has 0 radical (unpaired) electrons. The number of nitrogens with one attached hydrogen (secondary N) is 1. The zero-order valence-corrected chi connectivity index (χ0v) is 16.9. The topological polar surface area (TPSA) is 79.0 Å². The summed E-state index contributed by atoms with van der Waals surface area (Å²) in [5, 5.41) is 0. The Morgan fingerprint density at radius 3 is 2.14 bits per heavy atom. The number of carbonyl (C=O) groups is 1. The molecule has 1 fully saturated rings. The van der Waals surface area contributed by atoms with E-state index in [0.29, 0.717) is 25.2 Å². The minimum atomic E-state index is -3.28. The molecule has 0 saturated carbocycles. The van der Waals surface area contributed by atoms with Crippen LogP contribution in [0, 0.1) is 0 Å². The molecule has 1 N–H and O–H groups in total. The molecule has 3 rings (SSSR count). The monoisotopic (exact) mass is 403 g/mol. The van der Waals surface area contributed by atoms with Crippen molar-refractivity contribution in [1.29, 1.82) is 0 Å². The number of hydrogen-bond donors (Lipinski definition) is 1. The van der Waals surface area contributed by atoms with Crippen molar-refractivity contribution in [2.75, 3.05) is 49.2 Å². The highest BCUT2D eigenvalue weighted by Crippen LogP contribution is 2.20. The van der Waals surface area contributed by atoms with E-state index in [-0.39, 0.29) is 5.91 Å². The number of piperazine rings is 1. The molecule has 0 atom stereocenters. The number of rotatable bonds is 6. The summed E-state index contributed by atoms with van der Waals surface area (Å²) in [6.07, 6.45) is 1.51. The molecule has 0 spiro atoms. The maximum atomic E-state index is 12.6. The predicted molar refractivity (Wildman–Crippen MR) is 110 cm³/mol. The van der Waals surface area contributed by atoms with Crippen LogP contribution < -0.4 is 14.4 Å². The Hall–Kier alpha value is -2.74. The van der Waals surface area contributed by atoms with Gasteiger partial charge in [0.25, 0.3) is 0 Å². The van der Waals surface area contributed by atoms with Crippen LogP contribution in [0.5, 0.6) is 5.75 Å². The third-order valence-electron chi connectivity index (χ3n) is 4.68. The molecule has 0 aromatic heterocycles. The highest BCUT2D eigenvalue weighted by molar-refractivity contribution is 7.92. The van der Waals surface area contributed by atoms with Crippen molar-refractivity contribution in [3.63, 3.8) is 0 Å². The van der Waals surface area contributed by atoms with Crippen molar-refractivity contribution >= 4 is 27.3 Å². The quantitative estimate of drug-likeness (QED) is 0.798. The van der Waals surface area contributed by atoms with Gasteiger partial charge >= 0.3 is 0 Å². The van der Waals surface area contributed by atoms with Crippen molar-refractivity contribution in [1.82, 2.24) is 4.90 Å². The van der Waals surface area contributed by atoms with Gasteiger partial charge in [-0.1, -0.05) is 12.1 Å². The minimum absolute atomic E-state index is 0.123. The van der Waals surface area contributed by atoms with Crippen molar-refractivity contribution in [2.45, 2.75) is 6.42 Å². The molecule has 28 heavy (non-hydrogen) atoms. The van der Waals surface area contributed by atoms with Crippen LogP contribution in [0.15, 0.2) is 48.5 Å². The summed E-state index contributed by atoms with van der Waals surface area (Å²) in [7, 11) is -1.66. The molecule has 1 saturated heterocycles. The van der Waals surface area contributed by atoms with Crippen LogP contribution in [0.1, 0.15) is 5.56 Å². The summed E-state index contributed by atoms with van der Waals surface area (Å²) in [6, 6.07) is 14.8. The van der Waals surface area contributed by atoms with Gasteiger partial charge in [-0.2, -0.15) is 0 Å². The van der Waals surface area contributed by atoms with E-state index in [9.17, 15) is 13.2 Å². The molecule has 2 aromatic carbocycles. The first-order valence-electron chi connectivity index (χ1n) is 9.07. The second-order valence-electron chi connectivity index (χ2n) is 6.81. The molecule has 150 valence electrons. The smallest absolute Gasteiger partial charge is 0.229 e. The van der Waals surface area contributed by atoms with Crippen LogP contribution >= 0.6 is 0 Å². The molecule has 2 aromatic rings. The zero-order chi connectivity index (χ0) is 20.1. The lowest BCUT2D eigenvalue weighted by molar-refractivity contribution is -0.130. The van der Waals surface area contributed by atoms with Crippen LogP contribution in [0.2, 0.25) is 0 Å². The van der Waals surface area contributed by atoms with Gasteiger partial charge in [-0.25, -0.2) is 8.42 Å². The average Bonchev–Trinajstić information content (AvgIpc) is 2.68. The molecule has 0 aliphatic carbocycles. The fourth-order valence-electron chi connectivity index (χ4n) is 3.20. The van der Waals surface area contributed by atoms with Gasteiger partial charge in [0.05, 0.1) is 19.8 Å². The van der Waals surface area contributed by atoms with Gasteiger partial charge < -0.3 is 14.5 Å². The predicted octanol–water partition coefficient (Wildman–Crippen LogP) is 1.96. The first-order valence-corrected chi connectivity index (χ1v) is 11.0. The number of carbonyl (C=O) groups excluding carboxylic acids is 1. The van der Waals surface area contributed by atoms with E-state index >= 15 is 0 Å². The summed E-state index contributed by atoms with van der Waals surface area (Å²) < 4.78 is 30.2. The zero-order valence-electron chi connectivity index (χ0n) is 16.1. The third-order valence-corrected chi connectivity index (χ3v) is 5.29. The molecule has 1 amide bonds. The van der Waals surface area contributed by atoms with Crippen molar-refractivity contribution in [3.05, 3.63) is 54.1 Å². The Labute approximate surface area is 166 Å². The van der Waals surface area contributed by atoms with Crippen LogP contribution in [-0.2, 0) is 21.2 Å². The number of sulfonamides is 1. The molecular formula is C20H25N3O4S. The lowest BCUT2D eigenvalue weighted by Crippen LogP contribution is -2.49. The van der Waals surface area contributed by atoms with E-state index < -0.39 is 10.0 Å². The number of ether oxygens (including phenoxy) is 1. The van der Waals surface area contributed by atoms with Gasteiger partial charge in [-0.3, -0.25) is 9.52 Å². The summed E-state index contributed by atoms with van der Waals surface area (Å²) >= 11 is 0. The maximum Gasteiger partial charge on any atom is 0.229 e. The Morgan fingerprint density at radius 2 is 1.61 bits per heavy atom. The lowest BCUT2D eigenvalue weighted by atomic mass is 10.1. The van der Waals surface area contributed by atoms with E-state index in [2.05, 4.69) is 9.62 Å². The fraction of sp³-hybridized carbons (Fsp3) is 0.350. The third kappa shape index (κ3) is 5.39. The van der Waals surface area contributed by atoms with E-state index in [0.717, 1.165) is 36.3 Å². The fourth-order valence-corrected chi connectivity index (χ4v) is 3.76. The van der Waals surface area contributed by atoms with Crippen molar-refractivity contribution < 1.29 is 17.9 Å². The summed E-state index contributed by atoms with van der Waals surface area (Å²) in [4.78, 5) is 16.6. The highest BCUT2D eigenvalue weighted by Gasteiger charge is 2.21. The molecule has 1 aliphatic rings. The van der Waals surface area contributed by atoms with Crippen LogP contribution in [-0.4, -0.2) is 58.8 Å². The standard InChI is InChI=1S/C20H25N3O4S/c1-27-19-9-3-16(4-10-19)15-20(24)23-13-11-22(12-14-23)18-7-5-17(6-8-18)21-28(2,25)26/h3-10,21H,11-15H2,1-2H3. The van der Waals surface area contributed by atoms with Crippen molar-refractivity contribution in [2.24, 2.45) is 0 Å². The van der Waals surface area contributed by atoms with Gasteiger partial charge in [-0.05, 0) is 42.0 Å². The average molecular weight is 404 g/mol. The number of anilines is 2. The second-order valence-corrected chi connectivity index (χ2v) is 8.56. The Kier molecular flexibility index (Phi) is 6.08. The molecule has 7 nitrogen and oxygen atoms in total. The highest BCUT2D eigenvalue weighted by atomic mass is 32.2. The summed E-state index contributed by atoms with van der Waals surface area (Å²) in [6.45, 7) is 2.82. The van der Waals surface area contributed by atoms with Gasteiger partial charge in [0, 0.05) is 37.6 Å². The molecule has 1 aliphatic heterocycles. The Balaban J connectivity index is 1.52. The molecule has 0 unspecified atom stereocenters. The van der Waals surface area contributed by atoms with Gasteiger partial charge in [0.2, 0.25) is 15.9 Å². The summed E-state index contributed by atoms with van der Waals surface area (Å²) in [5.74, 6) is 0.903. The maximum absolute atomic E-state index is 12.6. The van der Waals surface area contributed by atoms with Crippen LogP contribution in [0.4, 0.5) is 11.4 Å². The number of amides is 1. The Bertz CT molecular complexity index is 903. The van der Waals surface area contributed by atoms with Gasteiger partial charge in [-0.15, -0.1) is 0 Å². The lowest BCUT2D eigenvalue weighted by Gasteiger charge is -2.36. The van der Waals surface area contributed by atoms with E-state index in [1.807, 2.05) is 41.3 Å². The number of hydrogen-bond acceptors (Lipinski definition) is 5. The van der Waals surface area contributed by atoms with Gasteiger partial charge in [0.1, 0.15) is 5.75 Å². The second kappa shape index (κ2) is 8.52. The van der Waals surface area contributed by atoms with E-state index in [1.165, 1.54) is 0 Å². The Morgan fingerprint density at radius 1 is 1.00 bits per heavy atom. The van der Waals surface area contributed by atoms with Crippen LogP contribution in [0.25, 0.3) is 0 Å². The number of methoxy groups -OCH3 is 1. The molecule has 0 bridgehead atoms. The first kappa shape index (κ1) is 20.0. The minimum Gasteiger partial charge on any atom is -0.497 e. The number of benzene rings is 2. The van der Waals surface area contributed by atoms with E-state index in [4.69, 9.17) is 4.74 Å². The van der Waals surface area contributed by atoms with Crippen molar-refractivity contribution in [3.8, 4) is 5.75 Å². The molecule has 8 heteroatoms. The largest absolute Gasteiger partial charge is 0.497 e. The number of nitrogens with zero attached hydrogens (tertiary/aromatic N) is 2. The molecular weight excluding hydrogens is 378 g/mol.